The molecule has 2 N–H and O–H groups in total. The number of para-hydroxylation sites is 3. The smallest absolute Gasteiger partial charge is 0.320 e. The summed E-state index contributed by atoms with van der Waals surface area (Å²) in [5.74, 6) is -0.382. The van der Waals surface area contributed by atoms with Crippen molar-refractivity contribution in [1.82, 2.24) is 0 Å². The highest BCUT2D eigenvalue weighted by molar-refractivity contribution is 6.07. The van der Waals surface area contributed by atoms with E-state index in [1.807, 2.05) is 61.5 Å². The molecule has 4 aromatic carbocycles. The SMILES string of the molecule is Cc1ccccc1N(C)C(=O)Nc1ccc(CC(=O)N(C)c2ccccc2NC(=O)c2ccccc2)cc1. The quantitative estimate of drug-likeness (QED) is 0.317. The van der Waals surface area contributed by atoms with Crippen molar-refractivity contribution in [3.63, 3.8) is 0 Å². The number of carbonyl (C=O) groups is 3. The summed E-state index contributed by atoms with van der Waals surface area (Å²) >= 11 is 0. The first-order valence-electron chi connectivity index (χ1n) is 12.2. The number of aryl methyl sites for hydroxylation is 1. The van der Waals surface area contributed by atoms with E-state index >= 15 is 0 Å². The van der Waals surface area contributed by atoms with Crippen LogP contribution in [0.1, 0.15) is 21.5 Å². The highest BCUT2D eigenvalue weighted by Crippen LogP contribution is 2.26. The van der Waals surface area contributed by atoms with Crippen LogP contribution >= 0.6 is 0 Å². The third-order valence-electron chi connectivity index (χ3n) is 6.27. The lowest BCUT2D eigenvalue weighted by atomic mass is 10.1. The Balaban J connectivity index is 1.39. The minimum absolute atomic E-state index is 0.137. The van der Waals surface area contributed by atoms with Gasteiger partial charge in [-0.05, 0) is 60.5 Å². The third kappa shape index (κ3) is 6.25. The average Bonchev–Trinajstić information content (AvgIpc) is 2.94. The molecule has 0 heterocycles. The van der Waals surface area contributed by atoms with E-state index in [1.54, 1.807) is 67.5 Å². The summed E-state index contributed by atoms with van der Waals surface area (Å²) in [6.07, 6.45) is 0.162. The Labute approximate surface area is 222 Å². The second-order valence-electron chi connectivity index (χ2n) is 8.94. The Bertz CT molecular complexity index is 1440. The standard InChI is InChI=1S/C31H30N4O3/c1-22-11-7-9-15-27(22)35(3)31(38)32-25-19-17-23(18-20-25)21-29(36)34(2)28-16-10-8-14-26(28)33-30(37)24-12-5-4-6-13-24/h4-20H,21H2,1-3H3,(H,32,38)(H,33,37). The topological polar surface area (TPSA) is 81.8 Å². The number of benzene rings is 4. The Kier molecular flexibility index (Phi) is 8.18. The molecule has 7 heteroatoms. The van der Waals surface area contributed by atoms with Crippen molar-refractivity contribution in [2.24, 2.45) is 0 Å². The summed E-state index contributed by atoms with van der Waals surface area (Å²) in [7, 11) is 3.41. The van der Waals surface area contributed by atoms with Crippen molar-refractivity contribution < 1.29 is 14.4 Å². The molecule has 0 fully saturated rings. The maximum Gasteiger partial charge on any atom is 0.326 e. The van der Waals surface area contributed by atoms with Crippen LogP contribution in [0.15, 0.2) is 103 Å². The maximum absolute atomic E-state index is 13.1. The number of rotatable bonds is 7. The zero-order chi connectivity index (χ0) is 27.1. The minimum atomic E-state index is -0.253. The largest absolute Gasteiger partial charge is 0.326 e. The van der Waals surface area contributed by atoms with Crippen LogP contribution in [0.5, 0.6) is 0 Å². The highest BCUT2D eigenvalue weighted by atomic mass is 16.2. The second kappa shape index (κ2) is 11.9. The second-order valence-corrected chi connectivity index (χ2v) is 8.94. The van der Waals surface area contributed by atoms with Crippen LogP contribution in [-0.4, -0.2) is 31.9 Å². The molecule has 0 bridgehead atoms. The number of urea groups is 1. The van der Waals surface area contributed by atoms with Crippen LogP contribution < -0.4 is 20.4 Å². The molecule has 38 heavy (non-hydrogen) atoms. The van der Waals surface area contributed by atoms with Gasteiger partial charge >= 0.3 is 6.03 Å². The highest BCUT2D eigenvalue weighted by Gasteiger charge is 2.17. The van der Waals surface area contributed by atoms with E-state index in [2.05, 4.69) is 10.6 Å². The Morgan fingerprint density at radius 3 is 1.95 bits per heavy atom. The lowest BCUT2D eigenvalue weighted by Gasteiger charge is -2.21. The number of carbonyl (C=O) groups excluding carboxylic acids is 3. The molecule has 0 aromatic heterocycles. The fourth-order valence-electron chi connectivity index (χ4n) is 4.05. The number of likely N-dealkylation sites (N-methyl/N-ethyl adjacent to an activating group) is 1. The van der Waals surface area contributed by atoms with Gasteiger partial charge in [0.2, 0.25) is 5.91 Å². The van der Waals surface area contributed by atoms with E-state index in [0.717, 1.165) is 16.8 Å². The van der Waals surface area contributed by atoms with Crippen molar-refractivity contribution in [1.29, 1.82) is 0 Å². The number of hydrogen-bond donors (Lipinski definition) is 2. The van der Waals surface area contributed by atoms with Crippen molar-refractivity contribution in [2.45, 2.75) is 13.3 Å². The number of nitrogens with zero attached hydrogens (tertiary/aromatic N) is 2. The van der Waals surface area contributed by atoms with E-state index < -0.39 is 0 Å². The lowest BCUT2D eigenvalue weighted by molar-refractivity contribution is -0.117. The first-order valence-corrected chi connectivity index (χ1v) is 12.2. The van der Waals surface area contributed by atoms with Crippen LogP contribution in [0, 0.1) is 6.92 Å². The van der Waals surface area contributed by atoms with E-state index in [1.165, 1.54) is 4.90 Å². The average molecular weight is 507 g/mol. The molecular weight excluding hydrogens is 476 g/mol. The van der Waals surface area contributed by atoms with Gasteiger partial charge in [0.25, 0.3) is 5.91 Å². The molecule has 192 valence electrons. The number of hydrogen-bond acceptors (Lipinski definition) is 3. The fraction of sp³-hybridized carbons (Fsp3) is 0.129. The van der Waals surface area contributed by atoms with E-state index in [0.29, 0.717) is 22.6 Å². The summed E-state index contributed by atoms with van der Waals surface area (Å²) in [5.41, 5.74) is 4.96. The molecule has 0 saturated carbocycles. The van der Waals surface area contributed by atoms with Gasteiger partial charge in [0.1, 0.15) is 0 Å². The molecule has 7 nitrogen and oxygen atoms in total. The van der Waals surface area contributed by atoms with Gasteiger partial charge in [-0.2, -0.15) is 0 Å². The monoisotopic (exact) mass is 506 g/mol. The molecule has 0 radical (unpaired) electrons. The first kappa shape index (κ1) is 26.2. The normalized spacial score (nSPS) is 10.4. The van der Waals surface area contributed by atoms with Gasteiger partial charge in [0, 0.05) is 31.0 Å². The molecule has 4 rings (SSSR count). The molecule has 4 amide bonds. The summed E-state index contributed by atoms with van der Waals surface area (Å²) in [6, 6.07) is 30.7. The molecule has 0 aliphatic rings. The molecule has 0 unspecified atom stereocenters. The van der Waals surface area contributed by atoms with Gasteiger partial charge < -0.3 is 15.5 Å². The number of amides is 4. The van der Waals surface area contributed by atoms with E-state index in [4.69, 9.17) is 0 Å². The first-order chi connectivity index (χ1) is 18.3. The maximum atomic E-state index is 13.1. The fourth-order valence-corrected chi connectivity index (χ4v) is 4.05. The van der Waals surface area contributed by atoms with Crippen LogP contribution in [0.3, 0.4) is 0 Å². The van der Waals surface area contributed by atoms with E-state index in [-0.39, 0.29) is 24.3 Å². The number of anilines is 4. The van der Waals surface area contributed by atoms with Crippen LogP contribution in [0.25, 0.3) is 0 Å². The lowest BCUT2D eigenvalue weighted by Crippen LogP contribution is -2.31. The van der Waals surface area contributed by atoms with Gasteiger partial charge in [-0.15, -0.1) is 0 Å². The van der Waals surface area contributed by atoms with Gasteiger partial charge in [-0.25, -0.2) is 4.79 Å². The van der Waals surface area contributed by atoms with Gasteiger partial charge in [0.05, 0.1) is 17.8 Å². The van der Waals surface area contributed by atoms with Gasteiger partial charge in [-0.1, -0.05) is 60.7 Å². The summed E-state index contributed by atoms with van der Waals surface area (Å²) in [6.45, 7) is 1.96. The van der Waals surface area contributed by atoms with Crippen LogP contribution in [-0.2, 0) is 11.2 Å². The molecule has 0 aliphatic carbocycles. The van der Waals surface area contributed by atoms with Crippen LogP contribution in [0.4, 0.5) is 27.5 Å². The van der Waals surface area contributed by atoms with Crippen molar-refractivity contribution >= 4 is 40.6 Å². The zero-order valence-electron chi connectivity index (χ0n) is 21.6. The predicted octanol–water partition coefficient (Wildman–Crippen LogP) is 6.12. The Hall–Kier alpha value is -4.91. The summed E-state index contributed by atoms with van der Waals surface area (Å²) in [5, 5.41) is 5.79. The molecule has 0 saturated heterocycles. The number of nitrogens with one attached hydrogen (secondary N) is 2. The molecule has 0 spiro atoms. The zero-order valence-corrected chi connectivity index (χ0v) is 21.6. The molecule has 4 aromatic rings. The minimum Gasteiger partial charge on any atom is -0.320 e. The van der Waals surface area contributed by atoms with Gasteiger partial charge in [-0.3, -0.25) is 14.5 Å². The van der Waals surface area contributed by atoms with Crippen molar-refractivity contribution in [3.05, 3.63) is 120 Å². The van der Waals surface area contributed by atoms with Crippen molar-refractivity contribution in [2.75, 3.05) is 34.5 Å². The third-order valence-corrected chi connectivity index (χ3v) is 6.27. The van der Waals surface area contributed by atoms with E-state index in [9.17, 15) is 14.4 Å². The van der Waals surface area contributed by atoms with Crippen molar-refractivity contribution in [3.8, 4) is 0 Å². The molecule has 0 aliphatic heterocycles. The Morgan fingerprint density at radius 2 is 1.26 bits per heavy atom. The summed E-state index contributed by atoms with van der Waals surface area (Å²) in [4.78, 5) is 41.5. The molecular formula is C31H30N4O3. The predicted molar refractivity (Wildman–Crippen MR) is 153 cm³/mol. The van der Waals surface area contributed by atoms with Crippen LogP contribution in [0.2, 0.25) is 0 Å². The summed E-state index contributed by atoms with van der Waals surface area (Å²) < 4.78 is 0. The molecule has 0 atom stereocenters. The Morgan fingerprint density at radius 1 is 0.658 bits per heavy atom. The van der Waals surface area contributed by atoms with Gasteiger partial charge in [0.15, 0.2) is 0 Å².